The number of nitrogens with zero attached hydrogens (tertiary/aromatic N) is 2. The Bertz CT molecular complexity index is 662. The van der Waals surface area contributed by atoms with Crippen LogP contribution < -0.4 is 15.0 Å². The fourth-order valence-electron chi connectivity index (χ4n) is 3.68. The van der Waals surface area contributed by atoms with Crippen molar-refractivity contribution in [3.05, 3.63) is 23.8 Å². The van der Waals surface area contributed by atoms with Gasteiger partial charge in [0.1, 0.15) is 12.3 Å². The van der Waals surface area contributed by atoms with Gasteiger partial charge in [-0.15, -0.1) is 0 Å². The van der Waals surface area contributed by atoms with E-state index in [9.17, 15) is 9.59 Å². The first-order chi connectivity index (χ1) is 12.5. The third-order valence-corrected chi connectivity index (χ3v) is 5.24. The van der Waals surface area contributed by atoms with Crippen LogP contribution in [0.1, 0.15) is 38.2 Å². The number of rotatable bonds is 6. The van der Waals surface area contributed by atoms with E-state index in [0.717, 1.165) is 25.1 Å². The Labute approximate surface area is 155 Å². The monoisotopic (exact) mass is 359 g/mol. The fourth-order valence-corrected chi connectivity index (χ4v) is 3.68. The summed E-state index contributed by atoms with van der Waals surface area (Å²) >= 11 is 0. The summed E-state index contributed by atoms with van der Waals surface area (Å²) < 4.78 is 5.45. The minimum Gasteiger partial charge on any atom is -0.482 e. The highest BCUT2D eigenvalue weighted by atomic mass is 16.5. The smallest absolute Gasteiger partial charge is 0.265 e. The maximum atomic E-state index is 12.3. The predicted molar refractivity (Wildman–Crippen MR) is 102 cm³/mol. The molecule has 2 aliphatic rings. The molecule has 0 aromatic heterocycles. The van der Waals surface area contributed by atoms with Crippen LogP contribution in [-0.4, -0.2) is 55.5 Å². The predicted octanol–water partition coefficient (Wildman–Crippen LogP) is 2.10. The van der Waals surface area contributed by atoms with E-state index in [4.69, 9.17) is 4.74 Å². The van der Waals surface area contributed by atoms with Crippen molar-refractivity contribution in [3.63, 3.8) is 0 Å². The van der Waals surface area contributed by atoms with Crippen LogP contribution in [-0.2, 0) is 9.59 Å². The lowest BCUT2D eigenvalue weighted by Crippen LogP contribution is -2.45. The van der Waals surface area contributed by atoms with Crippen molar-refractivity contribution in [1.29, 1.82) is 0 Å². The van der Waals surface area contributed by atoms with Crippen molar-refractivity contribution >= 4 is 17.5 Å². The van der Waals surface area contributed by atoms with Gasteiger partial charge in [0.2, 0.25) is 5.91 Å². The Balaban J connectivity index is 1.47. The Hall–Kier alpha value is -2.08. The van der Waals surface area contributed by atoms with Gasteiger partial charge in [0.05, 0.1) is 5.69 Å². The molecule has 6 nitrogen and oxygen atoms in total. The highest BCUT2D eigenvalue weighted by Gasteiger charge is 2.27. The van der Waals surface area contributed by atoms with E-state index >= 15 is 0 Å². The van der Waals surface area contributed by atoms with E-state index in [1.54, 1.807) is 0 Å². The van der Waals surface area contributed by atoms with Crippen LogP contribution in [0.2, 0.25) is 0 Å². The second kappa shape index (κ2) is 8.54. The molecule has 6 heteroatoms. The first kappa shape index (κ1) is 18.7. The first-order valence-corrected chi connectivity index (χ1v) is 9.59. The number of carbonyl (C=O) groups is 2. The van der Waals surface area contributed by atoms with Crippen LogP contribution in [0.3, 0.4) is 0 Å². The van der Waals surface area contributed by atoms with E-state index in [-0.39, 0.29) is 25.0 Å². The van der Waals surface area contributed by atoms with Gasteiger partial charge in [0.15, 0.2) is 6.61 Å². The summed E-state index contributed by atoms with van der Waals surface area (Å²) in [6.07, 6.45) is 4.80. The number of hydrogen-bond acceptors (Lipinski definition) is 4. The lowest BCUT2D eigenvalue weighted by molar-refractivity contribution is -0.125. The lowest BCUT2D eigenvalue weighted by atomic mass is 10.0. The van der Waals surface area contributed by atoms with Crippen molar-refractivity contribution in [3.8, 4) is 5.75 Å². The maximum absolute atomic E-state index is 12.3. The van der Waals surface area contributed by atoms with Gasteiger partial charge in [-0.05, 0) is 57.4 Å². The molecule has 1 N–H and O–H groups in total. The van der Waals surface area contributed by atoms with Crippen molar-refractivity contribution in [2.75, 3.05) is 37.7 Å². The number of nitrogens with one attached hydrogen (secondary N) is 1. The van der Waals surface area contributed by atoms with Crippen LogP contribution in [0.5, 0.6) is 5.75 Å². The number of anilines is 1. The van der Waals surface area contributed by atoms with Gasteiger partial charge in [0, 0.05) is 19.1 Å². The van der Waals surface area contributed by atoms with Crippen LogP contribution in [0.25, 0.3) is 0 Å². The summed E-state index contributed by atoms with van der Waals surface area (Å²) in [5.74, 6) is 0.349. The van der Waals surface area contributed by atoms with Gasteiger partial charge in [-0.2, -0.15) is 0 Å². The van der Waals surface area contributed by atoms with Crippen LogP contribution >= 0.6 is 0 Å². The molecule has 0 bridgehead atoms. The van der Waals surface area contributed by atoms with E-state index < -0.39 is 0 Å². The number of piperidine rings is 1. The molecule has 1 unspecified atom stereocenters. The number of likely N-dealkylation sites (tertiary alicyclic amines) is 1. The number of aryl methyl sites for hydroxylation is 1. The van der Waals surface area contributed by atoms with Gasteiger partial charge in [-0.25, -0.2) is 0 Å². The van der Waals surface area contributed by atoms with Gasteiger partial charge < -0.3 is 15.0 Å². The highest BCUT2D eigenvalue weighted by Crippen LogP contribution is 2.32. The molecule has 3 rings (SSSR count). The third-order valence-electron chi connectivity index (χ3n) is 5.24. The molecule has 142 valence electrons. The molecule has 2 heterocycles. The zero-order valence-corrected chi connectivity index (χ0v) is 15.8. The number of benzene rings is 1. The molecule has 1 aromatic rings. The van der Waals surface area contributed by atoms with E-state index in [1.807, 2.05) is 25.1 Å². The van der Waals surface area contributed by atoms with Gasteiger partial charge in [0.25, 0.3) is 5.91 Å². The maximum Gasteiger partial charge on any atom is 0.265 e. The Morgan fingerprint density at radius 1 is 1.35 bits per heavy atom. The fraction of sp³-hybridized carbons (Fsp3) is 0.600. The molecule has 1 fully saturated rings. The molecule has 1 aromatic carbocycles. The van der Waals surface area contributed by atoms with Gasteiger partial charge >= 0.3 is 0 Å². The van der Waals surface area contributed by atoms with Crippen LogP contribution in [0.4, 0.5) is 5.69 Å². The summed E-state index contributed by atoms with van der Waals surface area (Å²) in [4.78, 5) is 28.5. The Kier molecular flexibility index (Phi) is 6.14. The summed E-state index contributed by atoms with van der Waals surface area (Å²) in [5, 5.41) is 2.95. The largest absolute Gasteiger partial charge is 0.482 e. The molecule has 1 saturated heterocycles. The first-order valence-electron chi connectivity index (χ1n) is 9.59. The summed E-state index contributed by atoms with van der Waals surface area (Å²) in [7, 11) is 0. The molecular weight excluding hydrogens is 330 g/mol. The molecule has 26 heavy (non-hydrogen) atoms. The summed E-state index contributed by atoms with van der Waals surface area (Å²) in [6.45, 7) is 7.07. The number of hydrogen-bond donors (Lipinski definition) is 1. The molecule has 0 saturated carbocycles. The second-order valence-electron chi connectivity index (χ2n) is 7.32. The average Bonchev–Trinajstić information content (AvgIpc) is 2.62. The summed E-state index contributed by atoms with van der Waals surface area (Å²) in [5.41, 5.74) is 1.71. The molecule has 2 aliphatic heterocycles. The molecular formula is C20H29N3O3. The van der Waals surface area contributed by atoms with Crippen molar-refractivity contribution < 1.29 is 14.3 Å². The van der Waals surface area contributed by atoms with Crippen molar-refractivity contribution in [2.45, 2.75) is 45.6 Å². The van der Waals surface area contributed by atoms with E-state index in [1.165, 1.54) is 24.2 Å². The minimum absolute atomic E-state index is 0.0177. The standard InChI is InChI=1S/C20H29N3O3/c1-15-7-8-18-17(12-15)23(20(25)14-26-18)13-19(24)21-9-5-11-22-10-4-3-6-16(22)2/h7-8,12,16H,3-6,9-11,13-14H2,1-2H3,(H,21,24). The quantitative estimate of drug-likeness (QED) is 0.790. The molecule has 1 atom stereocenters. The summed E-state index contributed by atoms with van der Waals surface area (Å²) in [6, 6.07) is 6.32. The lowest BCUT2D eigenvalue weighted by Gasteiger charge is -2.33. The Morgan fingerprint density at radius 3 is 3.00 bits per heavy atom. The normalized spacial score (nSPS) is 20.5. The highest BCUT2D eigenvalue weighted by molar-refractivity contribution is 6.02. The SMILES string of the molecule is Cc1ccc2c(c1)N(CC(=O)NCCCN1CCCCC1C)C(=O)CO2. The van der Waals surface area contributed by atoms with Crippen LogP contribution in [0.15, 0.2) is 18.2 Å². The third kappa shape index (κ3) is 4.55. The Morgan fingerprint density at radius 2 is 2.19 bits per heavy atom. The molecule has 0 radical (unpaired) electrons. The minimum atomic E-state index is -0.180. The van der Waals surface area contributed by atoms with Crippen molar-refractivity contribution in [1.82, 2.24) is 10.2 Å². The second-order valence-corrected chi connectivity index (χ2v) is 7.32. The number of carbonyl (C=O) groups excluding carboxylic acids is 2. The zero-order chi connectivity index (χ0) is 18.5. The number of fused-ring (bicyclic) bond motifs is 1. The number of amides is 2. The molecule has 0 spiro atoms. The molecule has 0 aliphatic carbocycles. The van der Waals surface area contributed by atoms with Gasteiger partial charge in [-0.1, -0.05) is 12.5 Å². The van der Waals surface area contributed by atoms with Crippen LogP contribution in [0, 0.1) is 6.92 Å². The van der Waals surface area contributed by atoms with E-state index in [0.29, 0.717) is 24.0 Å². The van der Waals surface area contributed by atoms with Gasteiger partial charge in [-0.3, -0.25) is 14.5 Å². The average molecular weight is 359 g/mol. The topological polar surface area (TPSA) is 61.9 Å². The van der Waals surface area contributed by atoms with Crippen molar-refractivity contribution in [2.24, 2.45) is 0 Å². The number of ether oxygens (including phenoxy) is 1. The molecule has 2 amide bonds. The zero-order valence-electron chi connectivity index (χ0n) is 15.8. The van der Waals surface area contributed by atoms with E-state index in [2.05, 4.69) is 17.1 Å².